The van der Waals surface area contributed by atoms with E-state index in [1.54, 1.807) is 0 Å². The molecule has 7 rings (SSSR count). The van der Waals surface area contributed by atoms with Gasteiger partial charge in [-0.3, -0.25) is 9.89 Å². The van der Waals surface area contributed by atoms with Gasteiger partial charge < -0.3 is 15.1 Å². The molecule has 0 radical (unpaired) electrons. The highest BCUT2D eigenvalue weighted by Gasteiger charge is 2.66. The number of hydrogen-bond acceptors (Lipinski definition) is 4. The predicted molar refractivity (Wildman–Crippen MR) is 145 cm³/mol. The van der Waals surface area contributed by atoms with E-state index >= 15 is 0 Å². The second-order valence-electron chi connectivity index (χ2n) is 10.2. The Bertz CT molecular complexity index is 1500. The molecule has 1 amide bonds. The number of anilines is 2. The molecule has 1 aliphatic carbocycles. The smallest absolute Gasteiger partial charge is 0.238 e. The van der Waals surface area contributed by atoms with Crippen LogP contribution in [0.1, 0.15) is 34.7 Å². The maximum atomic E-state index is 13.2. The highest BCUT2D eigenvalue weighted by molar-refractivity contribution is 6.11. The van der Waals surface area contributed by atoms with Crippen LogP contribution in [0, 0.1) is 0 Å². The van der Waals surface area contributed by atoms with Gasteiger partial charge in [0.2, 0.25) is 5.91 Å². The van der Waals surface area contributed by atoms with Crippen molar-refractivity contribution in [1.29, 1.82) is 0 Å². The minimum atomic E-state index is -0.404. The van der Waals surface area contributed by atoms with Gasteiger partial charge in [-0.15, -0.1) is 0 Å². The van der Waals surface area contributed by atoms with Gasteiger partial charge in [-0.2, -0.15) is 5.10 Å². The molecule has 180 valence electrons. The van der Waals surface area contributed by atoms with Gasteiger partial charge in [0.05, 0.1) is 16.6 Å². The number of carbonyl (C=O) groups excluding carboxylic acids is 1. The number of piperazine rings is 1. The van der Waals surface area contributed by atoms with Crippen LogP contribution in [0.2, 0.25) is 0 Å². The first-order chi connectivity index (χ1) is 17.6. The largest absolute Gasteiger partial charge is 0.369 e. The fourth-order valence-electron chi connectivity index (χ4n) is 6.16. The van der Waals surface area contributed by atoms with Crippen molar-refractivity contribution in [3.8, 4) is 0 Å². The molecule has 2 aliphatic heterocycles. The average molecular weight is 476 g/mol. The summed E-state index contributed by atoms with van der Waals surface area (Å²) in [6.07, 6.45) is 5.05. The van der Waals surface area contributed by atoms with Gasteiger partial charge >= 0.3 is 0 Å². The summed E-state index contributed by atoms with van der Waals surface area (Å²) in [5, 5.41) is 12.3. The molecule has 3 heterocycles. The van der Waals surface area contributed by atoms with Crippen LogP contribution in [0.15, 0.2) is 66.7 Å². The van der Waals surface area contributed by atoms with E-state index < -0.39 is 5.41 Å². The van der Waals surface area contributed by atoms with Crippen LogP contribution < -0.4 is 15.1 Å². The lowest BCUT2D eigenvalue weighted by Crippen LogP contribution is -2.43. The van der Waals surface area contributed by atoms with Crippen molar-refractivity contribution in [2.24, 2.45) is 0 Å². The zero-order chi connectivity index (χ0) is 24.3. The monoisotopic (exact) mass is 475 g/mol. The lowest BCUT2D eigenvalue weighted by molar-refractivity contribution is -0.120. The Kier molecular flexibility index (Phi) is 4.79. The first kappa shape index (κ1) is 21.4. The summed E-state index contributed by atoms with van der Waals surface area (Å²) in [7, 11) is 1.89. The number of likely N-dealkylation sites (N-methyl/N-ethyl adjacent to an activating group) is 1. The lowest BCUT2D eigenvalue weighted by Gasteiger charge is -2.29. The molecular formula is C30H29N5O. The van der Waals surface area contributed by atoms with E-state index in [-0.39, 0.29) is 11.8 Å². The molecule has 2 atom stereocenters. The van der Waals surface area contributed by atoms with Crippen molar-refractivity contribution in [3.05, 3.63) is 89.1 Å². The van der Waals surface area contributed by atoms with E-state index in [2.05, 4.69) is 81.1 Å². The van der Waals surface area contributed by atoms with Crippen molar-refractivity contribution < 1.29 is 4.79 Å². The average Bonchev–Trinajstić information content (AvgIpc) is 3.51. The molecule has 1 aromatic heterocycles. The second kappa shape index (κ2) is 8.07. The summed E-state index contributed by atoms with van der Waals surface area (Å²) in [6.45, 7) is 4.18. The number of hydrogen-bond donors (Lipinski definition) is 2. The third kappa shape index (κ3) is 3.21. The Morgan fingerprint density at radius 2 is 1.81 bits per heavy atom. The normalized spacial score (nSPS) is 23.2. The molecule has 3 aliphatic rings. The maximum absolute atomic E-state index is 13.2. The SMILES string of the molecule is CN1C(=O)[C@@]2(C[C@H]2c2ccc3c(C=Cc4ccc(N5CCNCC5)cc4)n[nH]c3c2)c2ccccc21. The van der Waals surface area contributed by atoms with Gasteiger partial charge in [-0.25, -0.2) is 0 Å². The summed E-state index contributed by atoms with van der Waals surface area (Å²) >= 11 is 0. The molecule has 0 bridgehead atoms. The van der Waals surface area contributed by atoms with Crippen LogP contribution in [0.3, 0.4) is 0 Å². The van der Waals surface area contributed by atoms with E-state index in [1.807, 2.05) is 30.1 Å². The molecule has 6 nitrogen and oxygen atoms in total. The second-order valence-corrected chi connectivity index (χ2v) is 10.2. The van der Waals surface area contributed by atoms with Crippen molar-refractivity contribution in [2.75, 3.05) is 43.0 Å². The Labute approximate surface area is 210 Å². The number of carbonyl (C=O) groups is 1. The summed E-state index contributed by atoms with van der Waals surface area (Å²) < 4.78 is 0. The van der Waals surface area contributed by atoms with Crippen LogP contribution in [0.4, 0.5) is 11.4 Å². The van der Waals surface area contributed by atoms with Crippen LogP contribution in [-0.4, -0.2) is 49.3 Å². The van der Waals surface area contributed by atoms with Crippen molar-refractivity contribution >= 4 is 40.3 Å². The zero-order valence-electron chi connectivity index (χ0n) is 20.4. The molecule has 4 aromatic rings. The third-order valence-corrected chi connectivity index (χ3v) is 8.22. The van der Waals surface area contributed by atoms with E-state index in [1.165, 1.54) is 16.8 Å². The molecule has 6 heteroatoms. The summed E-state index contributed by atoms with van der Waals surface area (Å²) in [6, 6.07) is 23.4. The maximum Gasteiger partial charge on any atom is 0.238 e. The number of nitrogens with one attached hydrogen (secondary N) is 2. The van der Waals surface area contributed by atoms with E-state index in [0.717, 1.165) is 60.4 Å². The van der Waals surface area contributed by atoms with Crippen LogP contribution in [0.5, 0.6) is 0 Å². The molecule has 1 saturated carbocycles. The van der Waals surface area contributed by atoms with E-state index in [0.29, 0.717) is 0 Å². The third-order valence-electron chi connectivity index (χ3n) is 8.22. The molecule has 36 heavy (non-hydrogen) atoms. The Hall–Kier alpha value is -3.90. The van der Waals surface area contributed by atoms with Gasteiger partial charge in [-0.1, -0.05) is 48.5 Å². The minimum absolute atomic E-state index is 0.206. The number of benzene rings is 3. The summed E-state index contributed by atoms with van der Waals surface area (Å²) in [5.41, 5.74) is 7.37. The van der Waals surface area contributed by atoms with Crippen molar-refractivity contribution in [2.45, 2.75) is 17.8 Å². The molecule has 1 spiro atoms. The van der Waals surface area contributed by atoms with Crippen LogP contribution >= 0.6 is 0 Å². The summed E-state index contributed by atoms with van der Waals surface area (Å²) in [4.78, 5) is 17.5. The number of para-hydroxylation sites is 1. The molecule has 1 saturated heterocycles. The highest BCUT2D eigenvalue weighted by Crippen LogP contribution is 2.66. The first-order valence-corrected chi connectivity index (χ1v) is 12.7. The molecule has 2 fully saturated rings. The number of aromatic amines is 1. The van der Waals surface area contributed by atoms with E-state index in [9.17, 15) is 4.79 Å². The van der Waals surface area contributed by atoms with Crippen LogP contribution in [0.25, 0.3) is 23.1 Å². The van der Waals surface area contributed by atoms with Gasteiger partial charge in [-0.05, 0) is 53.5 Å². The van der Waals surface area contributed by atoms with Crippen LogP contribution in [-0.2, 0) is 10.2 Å². The number of fused-ring (bicyclic) bond motifs is 3. The standard InChI is InChI=1S/C30H29N5O/c1-34-28-5-3-2-4-24(28)30(29(34)36)19-25(30)21-9-12-23-26(32-33-27(23)18-21)13-8-20-6-10-22(11-7-20)35-16-14-31-15-17-35/h2-13,18,25,31H,14-17,19H2,1H3,(H,32,33)/t25-,30-/m0/s1. The van der Waals surface area contributed by atoms with Crippen molar-refractivity contribution in [1.82, 2.24) is 15.5 Å². The number of aromatic nitrogens is 2. The highest BCUT2D eigenvalue weighted by atomic mass is 16.2. The van der Waals surface area contributed by atoms with E-state index in [4.69, 9.17) is 0 Å². The fraction of sp³-hybridized carbons (Fsp3) is 0.267. The van der Waals surface area contributed by atoms with Gasteiger partial charge in [0.15, 0.2) is 0 Å². The Morgan fingerprint density at radius 1 is 1.00 bits per heavy atom. The number of amides is 1. The minimum Gasteiger partial charge on any atom is -0.369 e. The first-order valence-electron chi connectivity index (χ1n) is 12.7. The van der Waals surface area contributed by atoms with Gasteiger partial charge in [0, 0.05) is 55.9 Å². The Balaban J connectivity index is 1.12. The Morgan fingerprint density at radius 3 is 2.64 bits per heavy atom. The quantitative estimate of drug-likeness (QED) is 0.455. The molecule has 3 aromatic carbocycles. The topological polar surface area (TPSA) is 64.3 Å². The fourth-order valence-corrected chi connectivity index (χ4v) is 6.16. The lowest BCUT2D eigenvalue weighted by atomic mass is 9.92. The molecule has 0 unspecified atom stereocenters. The van der Waals surface area contributed by atoms with Crippen molar-refractivity contribution in [3.63, 3.8) is 0 Å². The number of H-pyrrole nitrogens is 1. The number of rotatable bonds is 4. The number of nitrogens with zero attached hydrogens (tertiary/aromatic N) is 3. The zero-order valence-corrected chi connectivity index (χ0v) is 20.4. The molecule has 2 N–H and O–H groups in total. The predicted octanol–water partition coefficient (Wildman–Crippen LogP) is 4.54. The van der Waals surface area contributed by atoms with Gasteiger partial charge in [0.25, 0.3) is 0 Å². The summed E-state index contributed by atoms with van der Waals surface area (Å²) in [5.74, 6) is 0.419. The molecular weight excluding hydrogens is 446 g/mol. The van der Waals surface area contributed by atoms with Gasteiger partial charge in [0.1, 0.15) is 0 Å².